The van der Waals surface area contributed by atoms with E-state index in [4.69, 9.17) is 5.26 Å². The van der Waals surface area contributed by atoms with Gasteiger partial charge in [0.15, 0.2) is 0 Å². The fourth-order valence-electron chi connectivity index (χ4n) is 5.72. The molecule has 1 aliphatic heterocycles. The maximum atomic E-state index is 13.8. The van der Waals surface area contributed by atoms with E-state index < -0.39 is 0 Å². The van der Waals surface area contributed by atoms with E-state index in [1.807, 2.05) is 78.1 Å². The summed E-state index contributed by atoms with van der Waals surface area (Å²) in [6.07, 6.45) is 4.67. The Labute approximate surface area is 234 Å². The molecule has 0 aliphatic carbocycles. The number of benzene rings is 4. The van der Waals surface area contributed by atoms with Crippen LogP contribution < -0.4 is 0 Å². The number of nitrogens with zero attached hydrogens (tertiary/aromatic N) is 5. The molecule has 2 heterocycles. The van der Waals surface area contributed by atoms with Gasteiger partial charge >= 0.3 is 0 Å². The quantitative estimate of drug-likeness (QED) is 0.271. The molecule has 0 radical (unpaired) electrons. The van der Waals surface area contributed by atoms with Crippen LogP contribution in [0.15, 0.2) is 110 Å². The van der Waals surface area contributed by atoms with Gasteiger partial charge in [-0.05, 0) is 46.5 Å². The SMILES string of the molecule is N#Cc1ccc(Cn2cncc2CN2CCN(C(=O)c3cccc4ccccc34)CCC2c2ccccc2)cc1. The highest BCUT2D eigenvalue weighted by Crippen LogP contribution is 2.30. The molecular formula is C34H31N5O. The number of carbonyl (C=O) groups is 1. The number of hydrogen-bond acceptors (Lipinski definition) is 4. The van der Waals surface area contributed by atoms with Gasteiger partial charge in [-0.1, -0.05) is 78.9 Å². The monoisotopic (exact) mass is 525 g/mol. The maximum Gasteiger partial charge on any atom is 0.254 e. The van der Waals surface area contributed by atoms with Crippen LogP contribution in [0.3, 0.4) is 0 Å². The Bertz CT molecular complexity index is 1650. The highest BCUT2D eigenvalue weighted by Gasteiger charge is 2.29. The van der Waals surface area contributed by atoms with Gasteiger partial charge in [-0.3, -0.25) is 9.69 Å². The van der Waals surface area contributed by atoms with Crippen LogP contribution in [0.5, 0.6) is 0 Å². The highest BCUT2D eigenvalue weighted by molar-refractivity contribution is 6.07. The topological polar surface area (TPSA) is 65.2 Å². The summed E-state index contributed by atoms with van der Waals surface area (Å²) in [5, 5.41) is 11.2. The minimum absolute atomic E-state index is 0.0938. The molecule has 4 aromatic carbocycles. The van der Waals surface area contributed by atoms with Gasteiger partial charge in [0.05, 0.1) is 23.7 Å². The minimum atomic E-state index is 0.0938. The molecule has 5 aromatic rings. The number of amides is 1. The first kappa shape index (κ1) is 25.5. The molecule has 1 aromatic heterocycles. The predicted octanol–water partition coefficient (Wildman–Crippen LogP) is 6.05. The van der Waals surface area contributed by atoms with Crippen molar-refractivity contribution in [2.45, 2.75) is 25.6 Å². The Balaban J connectivity index is 1.25. The second-order valence-electron chi connectivity index (χ2n) is 10.3. The lowest BCUT2D eigenvalue weighted by Crippen LogP contribution is -2.35. The van der Waals surface area contributed by atoms with Gasteiger partial charge in [-0.25, -0.2) is 4.98 Å². The molecule has 0 N–H and O–H groups in total. The van der Waals surface area contributed by atoms with E-state index in [1.165, 1.54) is 5.56 Å². The summed E-state index contributed by atoms with van der Waals surface area (Å²) in [5.74, 6) is 0.0938. The van der Waals surface area contributed by atoms with Crippen LogP contribution in [0.4, 0.5) is 0 Å². The average Bonchev–Trinajstić information content (AvgIpc) is 3.33. The number of rotatable bonds is 6. The number of nitriles is 1. The van der Waals surface area contributed by atoms with Crippen molar-refractivity contribution in [1.29, 1.82) is 5.26 Å². The number of aromatic nitrogens is 2. The Morgan fingerprint density at radius 3 is 2.45 bits per heavy atom. The number of carbonyl (C=O) groups excluding carboxylic acids is 1. The fourth-order valence-corrected chi connectivity index (χ4v) is 5.72. The van der Waals surface area contributed by atoms with Crippen LogP contribution in [0, 0.1) is 11.3 Å². The lowest BCUT2D eigenvalue weighted by molar-refractivity contribution is 0.0763. The molecule has 6 rings (SSSR count). The van der Waals surface area contributed by atoms with Crippen molar-refractivity contribution in [1.82, 2.24) is 19.4 Å². The molecule has 0 spiro atoms. The van der Waals surface area contributed by atoms with E-state index in [1.54, 1.807) is 0 Å². The molecule has 198 valence electrons. The molecule has 1 unspecified atom stereocenters. The molecule has 1 saturated heterocycles. The second kappa shape index (κ2) is 11.6. The molecule has 1 fully saturated rings. The lowest BCUT2D eigenvalue weighted by Gasteiger charge is -2.30. The molecule has 0 bridgehead atoms. The smallest absolute Gasteiger partial charge is 0.254 e. The van der Waals surface area contributed by atoms with Crippen molar-refractivity contribution >= 4 is 16.7 Å². The van der Waals surface area contributed by atoms with Gasteiger partial charge in [0.2, 0.25) is 0 Å². The van der Waals surface area contributed by atoms with Crippen molar-refractivity contribution in [3.05, 3.63) is 138 Å². The van der Waals surface area contributed by atoms with Crippen LogP contribution in [0.2, 0.25) is 0 Å². The largest absolute Gasteiger partial charge is 0.337 e. The van der Waals surface area contributed by atoms with Gasteiger partial charge in [-0.15, -0.1) is 0 Å². The van der Waals surface area contributed by atoms with Crippen LogP contribution in [-0.4, -0.2) is 44.9 Å². The van der Waals surface area contributed by atoms with Gasteiger partial charge in [0.1, 0.15) is 0 Å². The van der Waals surface area contributed by atoms with Gasteiger partial charge in [0, 0.05) is 50.5 Å². The van der Waals surface area contributed by atoms with Crippen LogP contribution in [-0.2, 0) is 13.1 Å². The summed E-state index contributed by atoms with van der Waals surface area (Å²) >= 11 is 0. The van der Waals surface area contributed by atoms with Crippen LogP contribution in [0.1, 0.15) is 45.2 Å². The Morgan fingerprint density at radius 2 is 1.62 bits per heavy atom. The van der Waals surface area contributed by atoms with Gasteiger partial charge < -0.3 is 9.47 Å². The summed E-state index contributed by atoms with van der Waals surface area (Å²) in [4.78, 5) is 22.8. The van der Waals surface area contributed by atoms with Crippen molar-refractivity contribution in [3.63, 3.8) is 0 Å². The molecule has 1 amide bonds. The normalized spacial score (nSPS) is 16.0. The molecule has 0 saturated carbocycles. The standard InChI is InChI=1S/C34H31N5O/c35-21-26-13-15-27(16-14-26)23-39-25-36-22-30(39)24-38-20-19-37(18-17-33(38)29-8-2-1-3-9-29)34(40)32-12-6-10-28-7-4-5-11-31(28)32/h1-16,22,25,33H,17-20,23-24H2. The first-order valence-corrected chi connectivity index (χ1v) is 13.7. The second-order valence-corrected chi connectivity index (χ2v) is 10.3. The highest BCUT2D eigenvalue weighted by atomic mass is 16.2. The summed E-state index contributed by atoms with van der Waals surface area (Å²) in [6, 6.07) is 34.8. The number of fused-ring (bicyclic) bond motifs is 1. The zero-order chi connectivity index (χ0) is 27.3. The van der Waals surface area contributed by atoms with Crippen LogP contribution in [0.25, 0.3) is 10.8 Å². The number of imidazole rings is 1. The molecular weight excluding hydrogens is 494 g/mol. The summed E-state index contributed by atoms with van der Waals surface area (Å²) in [6.45, 7) is 3.54. The Morgan fingerprint density at radius 1 is 0.850 bits per heavy atom. The molecule has 40 heavy (non-hydrogen) atoms. The zero-order valence-electron chi connectivity index (χ0n) is 22.4. The predicted molar refractivity (Wildman–Crippen MR) is 157 cm³/mol. The summed E-state index contributed by atoms with van der Waals surface area (Å²) in [5.41, 5.74) is 4.94. The molecule has 6 heteroatoms. The number of hydrogen-bond donors (Lipinski definition) is 0. The van der Waals surface area contributed by atoms with Crippen molar-refractivity contribution < 1.29 is 4.79 Å². The van der Waals surface area contributed by atoms with Crippen LogP contribution >= 0.6 is 0 Å². The Hall–Kier alpha value is -4.73. The molecule has 1 aliphatic rings. The summed E-state index contributed by atoms with van der Waals surface area (Å²) < 4.78 is 2.17. The minimum Gasteiger partial charge on any atom is -0.337 e. The van der Waals surface area contributed by atoms with Crippen molar-refractivity contribution in [2.75, 3.05) is 19.6 Å². The third-order valence-electron chi connectivity index (χ3n) is 7.86. The van der Waals surface area contributed by atoms with Crippen molar-refractivity contribution in [2.24, 2.45) is 0 Å². The van der Waals surface area contributed by atoms with Gasteiger partial charge in [-0.2, -0.15) is 5.26 Å². The van der Waals surface area contributed by atoms with E-state index >= 15 is 0 Å². The van der Waals surface area contributed by atoms with E-state index in [2.05, 4.69) is 56.9 Å². The Kier molecular flexibility index (Phi) is 7.39. The first-order chi connectivity index (χ1) is 19.7. The van der Waals surface area contributed by atoms with Crippen molar-refractivity contribution in [3.8, 4) is 6.07 Å². The van der Waals surface area contributed by atoms with E-state index in [0.717, 1.165) is 47.1 Å². The van der Waals surface area contributed by atoms with Gasteiger partial charge in [0.25, 0.3) is 5.91 Å². The first-order valence-electron chi connectivity index (χ1n) is 13.7. The molecule has 6 nitrogen and oxygen atoms in total. The average molecular weight is 526 g/mol. The third kappa shape index (κ3) is 5.38. The zero-order valence-corrected chi connectivity index (χ0v) is 22.4. The third-order valence-corrected chi connectivity index (χ3v) is 7.86. The van der Waals surface area contributed by atoms with E-state index in [0.29, 0.717) is 25.2 Å². The fraction of sp³-hybridized carbons (Fsp3) is 0.206. The van der Waals surface area contributed by atoms with E-state index in [-0.39, 0.29) is 11.9 Å². The summed E-state index contributed by atoms with van der Waals surface area (Å²) in [7, 11) is 0. The maximum absolute atomic E-state index is 13.8. The lowest BCUT2D eigenvalue weighted by atomic mass is 10.0. The van der Waals surface area contributed by atoms with E-state index in [9.17, 15) is 4.79 Å². The molecule has 1 atom stereocenters.